The predicted octanol–water partition coefficient (Wildman–Crippen LogP) is 7.02. The third-order valence-corrected chi connectivity index (χ3v) is 8.75. The summed E-state index contributed by atoms with van der Waals surface area (Å²) in [5.74, 6) is 0. The van der Waals surface area contributed by atoms with Crippen molar-refractivity contribution in [1.29, 1.82) is 0 Å². The summed E-state index contributed by atoms with van der Waals surface area (Å²) < 4.78 is 24.3. The first-order valence-electron chi connectivity index (χ1n) is 15.4. The van der Waals surface area contributed by atoms with Crippen LogP contribution in [0.15, 0.2) is 40.9 Å². The maximum absolute atomic E-state index is 12.4. The highest BCUT2D eigenvalue weighted by atomic mass is 79.9. The van der Waals surface area contributed by atoms with Gasteiger partial charge in [-0.25, -0.2) is 9.59 Å². The lowest BCUT2D eigenvalue weighted by Gasteiger charge is -2.32. The number of hydrogen-bond acceptors (Lipinski definition) is 6. The van der Waals surface area contributed by atoms with E-state index in [-0.39, 0.29) is 30.5 Å². The van der Waals surface area contributed by atoms with Crippen molar-refractivity contribution in [1.82, 2.24) is 9.80 Å². The molecule has 2 amide bonds. The van der Waals surface area contributed by atoms with Gasteiger partial charge >= 0.3 is 19.3 Å². The first-order chi connectivity index (χ1) is 20.2. The molecule has 0 unspecified atom stereocenters. The van der Waals surface area contributed by atoms with Gasteiger partial charge in [-0.15, -0.1) is 0 Å². The molecule has 0 spiro atoms. The van der Waals surface area contributed by atoms with Gasteiger partial charge in [0.1, 0.15) is 11.2 Å². The summed E-state index contributed by atoms with van der Waals surface area (Å²) in [5.41, 5.74) is 4.26. The van der Waals surface area contributed by atoms with E-state index in [4.69, 9.17) is 18.8 Å². The molecule has 2 aromatic rings. The van der Waals surface area contributed by atoms with Gasteiger partial charge in [-0.1, -0.05) is 40.2 Å². The monoisotopic (exact) mass is 670 g/mol. The summed E-state index contributed by atoms with van der Waals surface area (Å²) in [6.07, 6.45) is 1.23. The van der Waals surface area contributed by atoms with Gasteiger partial charge in [-0.2, -0.15) is 0 Å². The maximum atomic E-state index is 12.4. The molecule has 240 valence electrons. The SMILES string of the molecule is CC(C)(C)OC(=O)N1CCc2ccc(B3OC(C)(C)C(C)(C)O3)cc2C1.CC(C)(C)OC(=O)N1CCc2ccc(Br)cc2C1. The topological polar surface area (TPSA) is 77.5 Å². The first-order valence-corrected chi connectivity index (χ1v) is 16.2. The summed E-state index contributed by atoms with van der Waals surface area (Å²) in [4.78, 5) is 27.9. The quantitative estimate of drug-likeness (QED) is 0.304. The number of rotatable bonds is 1. The van der Waals surface area contributed by atoms with E-state index in [1.165, 1.54) is 16.7 Å². The van der Waals surface area contributed by atoms with E-state index >= 15 is 0 Å². The van der Waals surface area contributed by atoms with Crippen molar-refractivity contribution in [2.24, 2.45) is 0 Å². The van der Waals surface area contributed by atoms with Crippen molar-refractivity contribution in [2.75, 3.05) is 13.1 Å². The smallest absolute Gasteiger partial charge is 0.444 e. The summed E-state index contributed by atoms with van der Waals surface area (Å²) in [5, 5.41) is 0. The predicted molar refractivity (Wildman–Crippen MR) is 177 cm³/mol. The fraction of sp³-hybridized carbons (Fsp3) is 0.588. The normalized spacial score (nSPS) is 18.9. The highest BCUT2D eigenvalue weighted by molar-refractivity contribution is 9.10. The fourth-order valence-electron chi connectivity index (χ4n) is 5.19. The van der Waals surface area contributed by atoms with E-state index in [0.29, 0.717) is 19.6 Å². The summed E-state index contributed by atoms with van der Waals surface area (Å²) in [6, 6.07) is 12.5. The summed E-state index contributed by atoms with van der Waals surface area (Å²) >= 11 is 3.46. The standard InChI is InChI=1S/C20H30BNO4.C14H18BrNO2/c1-18(2,3)24-17(23)22-11-10-14-8-9-16(12-15(14)13-22)21-25-19(4,5)20(6,7)26-21;1-14(2,3)18-13(17)16-7-6-10-4-5-12(15)8-11(10)9-16/h8-9,12H,10-11,13H2,1-7H3;4-5,8H,6-7,9H2,1-3H3. The van der Waals surface area contributed by atoms with Gasteiger partial charge in [0.25, 0.3) is 0 Å². The van der Waals surface area contributed by atoms with Crippen LogP contribution >= 0.6 is 15.9 Å². The minimum Gasteiger partial charge on any atom is -0.444 e. The zero-order chi connectivity index (χ0) is 32.7. The summed E-state index contributed by atoms with van der Waals surface area (Å²) in [7, 11) is -0.387. The molecule has 10 heteroatoms. The van der Waals surface area contributed by atoms with Crippen molar-refractivity contribution in [3.8, 4) is 0 Å². The van der Waals surface area contributed by atoms with Crippen LogP contribution < -0.4 is 5.46 Å². The van der Waals surface area contributed by atoms with E-state index in [1.807, 2.05) is 47.6 Å². The molecule has 0 aliphatic carbocycles. The third kappa shape index (κ3) is 8.58. The van der Waals surface area contributed by atoms with Crippen molar-refractivity contribution < 1.29 is 28.4 Å². The highest BCUT2D eigenvalue weighted by Crippen LogP contribution is 2.36. The number of fused-ring (bicyclic) bond motifs is 2. The van der Waals surface area contributed by atoms with Crippen LogP contribution in [-0.2, 0) is 44.7 Å². The van der Waals surface area contributed by atoms with Crippen molar-refractivity contribution in [2.45, 2.75) is 118 Å². The van der Waals surface area contributed by atoms with Gasteiger partial charge in [0.2, 0.25) is 0 Å². The lowest BCUT2D eigenvalue weighted by atomic mass is 9.77. The minimum atomic E-state index is -0.484. The van der Waals surface area contributed by atoms with Crippen LogP contribution in [0.1, 0.15) is 91.5 Å². The number of carbonyl (C=O) groups is 2. The summed E-state index contributed by atoms with van der Waals surface area (Å²) in [6.45, 7) is 22.1. The Balaban J connectivity index is 0.000000215. The zero-order valence-corrected chi connectivity index (χ0v) is 29.6. The largest absolute Gasteiger partial charge is 0.494 e. The molecule has 0 N–H and O–H groups in total. The number of carbonyl (C=O) groups excluding carboxylic acids is 2. The second-order valence-electron chi connectivity index (χ2n) is 14.8. The molecule has 0 aromatic heterocycles. The van der Waals surface area contributed by atoms with Crippen LogP contribution in [0.3, 0.4) is 0 Å². The van der Waals surface area contributed by atoms with Gasteiger partial charge in [0.05, 0.1) is 11.2 Å². The minimum absolute atomic E-state index is 0.229. The second kappa shape index (κ2) is 12.7. The Labute approximate surface area is 272 Å². The number of benzene rings is 2. The van der Waals surface area contributed by atoms with Crippen LogP contribution in [0.5, 0.6) is 0 Å². The molecule has 3 aliphatic rings. The number of ether oxygens (including phenoxy) is 2. The molecular formula is C34H48BBrN2O6. The van der Waals surface area contributed by atoms with E-state index in [9.17, 15) is 9.59 Å². The first kappa shape index (κ1) is 34.3. The molecule has 1 fully saturated rings. The number of hydrogen-bond donors (Lipinski definition) is 0. The van der Waals surface area contributed by atoms with Gasteiger partial charge in [0.15, 0.2) is 0 Å². The van der Waals surface area contributed by atoms with Gasteiger partial charge in [-0.3, -0.25) is 0 Å². The molecule has 5 rings (SSSR count). The Morgan fingerprint density at radius 2 is 1.16 bits per heavy atom. The fourth-order valence-corrected chi connectivity index (χ4v) is 5.60. The lowest BCUT2D eigenvalue weighted by Crippen LogP contribution is -2.41. The van der Waals surface area contributed by atoms with Gasteiger partial charge in [0, 0.05) is 30.7 Å². The van der Waals surface area contributed by atoms with Crippen LogP contribution in [0, 0.1) is 0 Å². The Bertz CT molecular complexity index is 1360. The van der Waals surface area contributed by atoms with E-state index in [0.717, 1.165) is 34.9 Å². The molecule has 2 aromatic carbocycles. The highest BCUT2D eigenvalue weighted by Gasteiger charge is 2.51. The number of nitrogens with zero attached hydrogens (tertiary/aromatic N) is 2. The molecule has 3 heterocycles. The maximum Gasteiger partial charge on any atom is 0.494 e. The molecule has 1 saturated heterocycles. The average molecular weight is 671 g/mol. The Hall–Kier alpha value is -2.56. The van der Waals surface area contributed by atoms with Crippen LogP contribution in [0.25, 0.3) is 0 Å². The molecule has 0 radical (unpaired) electrons. The van der Waals surface area contributed by atoms with Crippen molar-refractivity contribution in [3.63, 3.8) is 0 Å². The van der Waals surface area contributed by atoms with Crippen LogP contribution in [0.2, 0.25) is 0 Å². The molecule has 0 atom stereocenters. The number of amides is 2. The Morgan fingerprint density at radius 3 is 1.61 bits per heavy atom. The third-order valence-electron chi connectivity index (χ3n) is 8.25. The van der Waals surface area contributed by atoms with Gasteiger partial charge in [-0.05, 0) is 122 Å². The second-order valence-corrected chi connectivity index (χ2v) is 15.7. The van der Waals surface area contributed by atoms with Crippen molar-refractivity contribution >= 4 is 40.7 Å². The van der Waals surface area contributed by atoms with E-state index in [1.54, 1.807) is 9.80 Å². The lowest BCUT2D eigenvalue weighted by molar-refractivity contribution is 0.00578. The van der Waals surface area contributed by atoms with Gasteiger partial charge < -0.3 is 28.6 Å². The van der Waals surface area contributed by atoms with Crippen LogP contribution in [0.4, 0.5) is 9.59 Å². The Kier molecular flexibility index (Phi) is 9.89. The number of halogens is 1. The van der Waals surface area contributed by atoms with E-state index in [2.05, 4.69) is 74.0 Å². The molecule has 0 saturated carbocycles. The van der Waals surface area contributed by atoms with E-state index < -0.39 is 11.2 Å². The molecule has 44 heavy (non-hydrogen) atoms. The molecule has 3 aliphatic heterocycles. The van der Waals surface area contributed by atoms with Crippen LogP contribution in [-0.4, -0.2) is 64.6 Å². The average Bonchev–Trinajstić information content (AvgIpc) is 3.12. The molecule has 0 bridgehead atoms. The van der Waals surface area contributed by atoms with Crippen molar-refractivity contribution in [3.05, 3.63) is 63.1 Å². The Morgan fingerprint density at radius 1 is 0.727 bits per heavy atom. The molecule has 8 nitrogen and oxygen atoms in total. The molecular weight excluding hydrogens is 623 g/mol. The zero-order valence-electron chi connectivity index (χ0n) is 28.0.